The van der Waals surface area contributed by atoms with Crippen molar-refractivity contribution in [2.45, 2.75) is 39.3 Å². The minimum absolute atomic E-state index is 0.0403. The molecule has 0 saturated heterocycles. The van der Waals surface area contributed by atoms with Crippen molar-refractivity contribution in [1.29, 1.82) is 0 Å². The van der Waals surface area contributed by atoms with E-state index in [0.717, 1.165) is 17.7 Å². The second kappa shape index (κ2) is 10.5. The Bertz CT molecular complexity index is 898. The van der Waals surface area contributed by atoms with Crippen LogP contribution < -0.4 is 14.8 Å². The molecule has 0 radical (unpaired) electrons. The van der Waals surface area contributed by atoms with Gasteiger partial charge in [0.25, 0.3) is 0 Å². The number of carbonyl (C=O) groups is 2. The largest absolute Gasteiger partial charge is 0.497 e. The van der Waals surface area contributed by atoms with Gasteiger partial charge in [0.15, 0.2) is 0 Å². The molecule has 8 heteroatoms. The molecule has 0 saturated carbocycles. The lowest BCUT2D eigenvalue weighted by Gasteiger charge is -2.37. The Balaban J connectivity index is 1.77. The normalized spacial score (nSPS) is 15.4. The fraction of sp³-hybridized carbons (Fsp3) is 0.478. The zero-order valence-electron chi connectivity index (χ0n) is 18.6. The highest BCUT2D eigenvalue weighted by molar-refractivity contribution is 7.10. The maximum atomic E-state index is 13.3. The second-order valence-electron chi connectivity index (χ2n) is 7.70. The van der Waals surface area contributed by atoms with E-state index < -0.39 is 0 Å². The quantitative estimate of drug-likeness (QED) is 0.673. The summed E-state index contributed by atoms with van der Waals surface area (Å²) < 4.78 is 11.3. The molecule has 7 nitrogen and oxygen atoms in total. The summed E-state index contributed by atoms with van der Waals surface area (Å²) >= 11 is 1.71. The Kier molecular flexibility index (Phi) is 7.79. The molecular weight excluding hydrogens is 414 g/mol. The number of thiophene rings is 1. The molecule has 0 spiro atoms. The number of methoxy groups -OCH3 is 1. The highest BCUT2D eigenvalue weighted by Gasteiger charge is 2.34. The minimum atomic E-state index is -0.219. The molecule has 1 aromatic carbocycles. The van der Waals surface area contributed by atoms with Crippen LogP contribution in [0.1, 0.15) is 37.3 Å². The Morgan fingerprint density at radius 1 is 1.29 bits per heavy atom. The van der Waals surface area contributed by atoms with E-state index in [-0.39, 0.29) is 30.6 Å². The zero-order valence-corrected chi connectivity index (χ0v) is 19.4. The fourth-order valence-electron chi connectivity index (χ4n) is 3.72. The molecule has 3 amide bonds. The van der Waals surface area contributed by atoms with Crippen molar-refractivity contribution in [1.82, 2.24) is 15.1 Å². The SMILES string of the molecule is CCNC(=O)N(CC(=O)N1CCc2sccc2[C@@H]1COc1cccc(OC)c1)C(C)C. The lowest BCUT2D eigenvalue weighted by Crippen LogP contribution is -2.51. The van der Waals surface area contributed by atoms with Crippen LogP contribution in [0, 0.1) is 0 Å². The molecule has 2 aromatic rings. The smallest absolute Gasteiger partial charge is 0.318 e. The van der Waals surface area contributed by atoms with Crippen LogP contribution in [0.15, 0.2) is 35.7 Å². The van der Waals surface area contributed by atoms with E-state index in [9.17, 15) is 9.59 Å². The van der Waals surface area contributed by atoms with Crippen LogP contribution >= 0.6 is 11.3 Å². The van der Waals surface area contributed by atoms with Crippen LogP contribution in [0.3, 0.4) is 0 Å². The van der Waals surface area contributed by atoms with Gasteiger partial charge in [0.2, 0.25) is 5.91 Å². The maximum absolute atomic E-state index is 13.3. The van der Waals surface area contributed by atoms with Crippen molar-refractivity contribution >= 4 is 23.3 Å². The number of nitrogens with zero attached hydrogens (tertiary/aromatic N) is 2. The van der Waals surface area contributed by atoms with Crippen molar-refractivity contribution < 1.29 is 19.1 Å². The standard InChI is InChI=1S/C23H31N3O4S/c1-5-24-23(28)26(16(2)3)14-22(27)25-11-9-21-19(10-12-31-21)20(25)15-30-18-8-6-7-17(13-18)29-4/h6-8,10,12-13,16,20H,5,9,11,14-15H2,1-4H3,(H,24,28)/t20-/m0/s1. The van der Waals surface area contributed by atoms with Crippen molar-refractivity contribution in [3.05, 3.63) is 46.2 Å². The van der Waals surface area contributed by atoms with Gasteiger partial charge in [-0.2, -0.15) is 0 Å². The molecule has 0 aliphatic carbocycles. The summed E-state index contributed by atoms with van der Waals surface area (Å²) in [5, 5.41) is 4.86. The van der Waals surface area contributed by atoms with E-state index in [4.69, 9.17) is 9.47 Å². The lowest BCUT2D eigenvalue weighted by molar-refractivity contribution is -0.135. The number of ether oxygens (including phenoxy) is 2. The van der Waals surface area contributed by atoms with Crippen LogP contribution in [0.4, 0.5) is 4.79 Å². The van der Waals surface area contributed by atoms with E-state index in [1.165, 1.54) is 4.88 Å². The van der Waals surface area contributed by atoms with E-state index in [2.05, 4.69) is 16.8 Å². The number of hydrogen-bond donors (Lipinski definition) is 1. The molecule has 0 bridgehead atoms. The molecule has 2 heterocycles. The monoisotopic (exact) mass is 445 g/mol. The van der Waals surface area contributed by atoms with Crippen LogP contribution in [0.25, 0.3) is 0 Å². The van der Waals surface area contributed by atoms with Crippen molar-refractivity contribution in [2.75, 3.05) is 33.4 Å². The third-order valence-electron chi connectivity index (χ3n) is 5.38. The molecule has 1 N–H and O–H groups in total. The van der Waals surface area contributed by atoms with Gasteiger partial charge in [-0.1, -0.05) is 6.07 Å². The third-order valence-corrected chi connectivity index (χ3v) is 6.38. The fourth-order valence-corrected chi connectivity index (χ4v) is 4.65. The number of rotatable bonds is 8. The van der Waals surface area contributed by atoms with Gasteiger partial charge in [-0.15, -0.1) is 11.3 Å². The summed E-state index contributed by atoms with van der Waals surface area (Å²) in [5.74, 6) is 1.34. The topological polar surface area (TPSA) is 71.1 Å². The first-order valence-electron chi connectivity index (χ1n) is 10.6. The van der Waals surface area contributed by atoms with Gasteiger partial charge in [0, 0.05) is 30.1 Å². The van der Waals surface area contributed by atoms with Gasteiger partial charge < -0.3 is 24.6 Å². The van der Waals surface area contributed by atoms with E-state index in [1.54, 1.807) is 23.3 Å². The van der Waals surface area contributed by atoms with E-state index >= 15 is 0 Å². The maximum Gasteiger partial charge on any atom is 0.318 e. The summed E-state index contributed by atoms with van der Waals surface area (Å²) in [7, 11) is 1.62. The Hall–Kier alpha value is -2.74. The van der Waals surface area contributed by atoms with Crippen LogP contribution in [0.2, 0.25) is 0 Å². The number of carbonyl (C=O) groups excluding carboxylic acids is 2. The van der Waals surface area contributed by atoms with Gasteiger partial charge >= 0.3 is 6.03 Å². The number of benzene rings is 1. The van der Waals surface area contributed by atoms with Gasteiger partial charge in [0.05, 0.1) is 13.2 Å². The van der Waals surface area contributed by atoms with Gasteiger partial charge in [-0.3, -0.25) is 4.79 Å². The molecular formula is C23H31N3O4S. The summed E-state index contributed by atoms with van der Waals surface area (Å²) in [4.78, 5) is 30.4. The highest BCUT2D eigenvalue weighted by Crippen LogP contribution is 2.34. The molecule has 168 valence electrons. The van der Waals surface area contributed by atoms with Crippen LogP contribution in [-0.4, -0.2) is 61.1 Å². The molecule has 31 heavy (non-hydrogen) atoms. The van der Waals surface area contributed by atoms with Crippen LogP contribution in [0.5, 0.6) is 11.5 Å². The van der Waals surface area contributed by atoms with E-state index in [1.807, 2.05) is 49.9 Å². The molecule has 0 fully saturated rings. The van der Waals surface area contributed by atoms with Crippen LogP contribution in [-0.2, 0) is 11.2 Å². The number of fused-ring (bicyclic) bond motifs is 1. The first kappa shape index (κ1) is 22.9. The molecule has 1 aliphatic rings. The summed E-state index contributed by atoms with van der Waals surface area (Å²) in [5.41, 5.74) is 1.13. The molecule has 3 rings (SSSR count). The average molecular weight is 446 g/mol. The van der Waals surface area contributed by atoms with Gasteiger partial charge in [-0.05, 0) is 56.3 Å². The first-order chi connectivity index (χ1) is 14.9. The predicted molar refractivity (Wildman–Crippen MR) is 122 cm³/mol. The number of hydrogen-bond acceptors (Lipinski definition) is 5. The predicted octanol–water partition coefficient (Wildman–Crippen LogP) is 3.70. The van der Waals surface area contributed by atoms with E-state index in [0.29, 0.717) is 25.4 Å². The van der Waals surface area contributed by atoms with Crippen molar-refractivity contribution in [2.24, 2.45) is 0 Å². The highest BCUT2D eigenvalue weighted by atomic mass is 32.1. The minimum Gasteiger partial charge on any atom is -0.497 e. The summed E-state index contributed by atoms with van der Waals surface area (Å²) in [6.07, 6.45) is 0.817. The van der Waals surface area contributed by atoms with Gasteiger partial charge in [-0.25, -0.2) is 4.79 Å². The Labute approximate surface area is 187 Å². The number of urea groups is 1. The van der Waals surface area contributed by atoms with Crippen molar-refractivity contribution in [3.8, 4) is 11.5 Å². The first-order valence-corrected chi connectivity index (χ1v) is 11.5. The molecule has 0 unspecified atom stereocenters. The number of amides is 3. The Morgan fingerprint density at radius 2 is 2.06 bits per heavy atom. The Morgan fingerprint density at radius 3 is 2.77 bits per heavy atom. The third kappa shape index (κ3) is 5.50. The molecule has 1 aromatic heterocycles. The summed E-state index contributed by atoms with van der Waals surface area (Å²) in [6.45, 7) is 7.21. The lowest BCUT2D eigenvalue weighted by atomic mass is 10.0. The van der Waals surface area contributed by atoms with Crippen molar-refractivity contribution in [3.63, 3.8) is 0 Å². The number of nitrogens with one attached hydrogen (secondary N) is 1. The second-order valence-corrected chi connectivity index (χ2v) is 8.70. The zero-order chi connectivity index (χ0) is 22.4. The van der Waals surface area contributed by atoms with Gasteiger partial charge in [0.1, 0.15) is 24.7 Å². The molecule has 1 atom stereocenters. The average Bonchev–Trinajstić information content (AvgIpc) is 3.24. The molecule has 1 aliphatic heterocycles. The summed E-state index contributed by atoms with van der Waals surface area (Å²) in [6, 6.07) is 9.02.